The second-order valence-electron chi connectivity index (χ2n) is 17.2. The van der Waals surface area contributed by atoms with E-state index in [4.69, 9.17) is 19.0 Å². The summed E-state index contributed by atoms with van der Waals surface area (Å²) in [5.41, 5.74) is 3.88. The number of aromatic nitrogens is 5. The van der Waals surface area contributed by atoms with Gasteiger partial charge in [-0.1, -0.05) is 50.2 Å². The predicted molar refractivity (Wildman–Crippen MR) is 206 cm³/mol. The summed E-state index contributed by atoms with van der Waals surface area (Å²) in [5.74, 6) is 0.110. The lowest BCUT2D eigenvalue weighted by molar-refractivity contribution is 0.0204. The molecule has 0 spiro atoms. The van der Waals surface area contributed by atoms with Gasteiger partial charge in [-0.15, -0.1) is 0 Å². The first-order chi connectivity index (χ1) is 25.2. The highest BCUT2D eigenvalue weighted by Crippen LogP contribution is 2.39. The van der Waals surface area contributed by atoms with Gasteiger partial charge in [0.25, 0.3) is 0 Å². The first kappa shape index (κ1) is 38.4. The smallest absolute Gasteiger partial charge is 0.420 e. The monoisotopic (exact) mass is 737 g/mol. The molecule has 13 heteroatoms. The summed E-state index contributed by atoms with van der Waals surface area (Å²) in [6.07, 6.45) is 2.16. The van der Waals surface area contributed by atoms with Crippen LogP contribution in [0.1, 0.15) is 127 Å². The van der Waals surface area contributed by atoms with Crippen molar-refractivity contribution in [2.45, 2.75) is 118 Å². The number of carbonyl (C=O) groups excluding carboxylic acids is 3. The van der Waals surface area contributed by atoms with Gasteiger partial charge in [0.15, 0.2) is 11.5 Å². The van der Waals surface area contributed by atoms with Crippen molar-refractivity contribution < 1.29 is 28.4 Å². The van der Waals surface area contributed by atoms with Gasteiger partial charge >= 0.3 is 24.0 Å². The van der Waals surface area contributed by atoms with Crippen molar-refractivity contribution in [2.24, 2.45) is 0 Å². The van der Waals surface area contributed by atoms with Gasteiger partial charge in [-0.25, -0.2) is 24.1 Å². The minimum atomic E-state index is -0.737. The Morgan fingerprint density at radius 3 is 2.17 bits per heavy atom. The van der Waals surface area contributed by atoms with Crippen molar-refractivity contribution in [2.75, 3.05) is 13.1 Å². The van der Waals surface area contributed by atoms with E-state index < -0.39 is 23.2 Å². The van der Waals surface area contributed by atoms with Crippen LogP contribution in [0.25, 0.3) is 33.2 Å². The number of fused-ring (bicyclic) bond motifs is 3. The molecule has 1 N–H and O–H groups in total. The number of benzene rings is 2. The second kappa shape index (κ2) is 14.1. The van der Waals surface area contributed by atoms with Gasteiger partial charge in [0.1, 0.15) is 17.5 Å². The zero-order valence-corrected chi connectivity index (χ0v) is 33.2. The van der Waals surface area contributed by atoms with Crippen molar-refractivity contribution in [3.8, 4) is 11.3 Å². The molecular formula is C41H51N7O6. The molecule has 13 nitrogen and oxygen atoms in total. The maximum atomic E-state index is 13.9. The van der Waals surface area contributed by atoms with Gasteiger partial charge in [-0.05, 0) is 103 Å². The number of ether oxygens (including phenoxy) is 2. The van der Waals surface area contributed by atoms with Crippen LogP contribution in [0, 0.1) is 6.92 Å². The zero-order valence-electron chi connectivity index (χ0n) is 33.2. The molecule has 1 atom stereocenters. The van der Waals surface area contributed by atoms with Crippen LogP contribution in [0.3, 0.4) is 0 Å². The van der Waals surface area contributed by atoms with Crippen LogP contribution >= 0.6 is 0 Å². The Hall–Kier alpha value is -5.33. The van der Waals surface area contributed by atoms with Gasteiger partial charge in [0, 0.05) is 29.5 Å². The summed E-state index contributed by atoms with van der Waals surface area (Å²) in [6.45, 7) is 22.0. The van der Waals surface area contributed by atoms with Crippen LogP contribution in [-0.2, 0) is 14.9 Å². The molecule has 2 aromatic carbocycles. The van der Waals surface area contributed by atoms with Gasteiger partial charge in [0.2, 0.25) is 0 Å². The van der Waals surface area contributed by atoms with Crippen LogP contribution < -0.4 is 5.32 Å². The molecule has 0 radical (unpaired) electrons. The van der Waals surface area contributed by atoms with E-state index in [0.29, 0.717) is 35.8 Å². The molecule has 6 rings (SSSR count). The van der Waals surface area contributed by atoms with Crippen molar-refractivity contribution in [1.82, 2.24) is 34.9 Å². The third-order valence-corrected chi connectivity index (χ3v) is 9.41. The number of nitrogens with one attached hydrogen (secondary N) is 1. The van der Waals surface area contributed by atoms with Crippen molar-refractivity contribution in [3.63, 3.8) is 0 Å². The number of rotatable bonds is 5. The zero-order chi connectivity index (χ0) is 39.3. The maximum Gasteiger partial charge on any atom is 0.420 e. The molecule has 3 aromatic heterocycles. The fraction of sp³-hybridized carbons (Fsp3) is 0.488. The quantitative estimate of drug-likeness (QED) is 0.185. The fourth-order valence-electron chi connectivity index (χ4n) is 6.81. The van der Waals surface area contributed by atoms with E-state index >= 15 is 0 Å². The lowest BCUT2D eigenvalue weighted by atomic mass is 9.89. The molecule has 1 aliphatic heterocycles. The van der Waals surface area contributed by atoms with E-state index in [2.05, 4.69) is 26.5 Å². The Kier molecular flexibility index (Phi) is 10.1. The summed E-state index contributed by atoms with van der Waals surface area (Å²) in [4.78, 5) is 55.1. The third kappa shape index (κ3) is 8.09. The van der Waals surface area contributed by atoms with Crippen molar-refractivity contribution in [3.05, 3.63) is 71.1 Å². The Labute approximate surface area is 315 Å². The molecule has 0 unspecified atom stereocenters. The van der Waals surface area contributed by atoms with Crippen LogP contribution in [-0.4, -0.2) is 72.0 Å². The maximum absolute atomic E-state index is 13.9. The molecule has 2 amide bonds. The highest BCUT2D eigenvalue weighted by atomic mass is 16.6. The molecular weight excluding hydrogens is 686 g/mol. The van der Waals surface area contributed by atoms with Gasteiger partial charge < -0.3 is 24.2 Å². The average Bonchev–Trinajstić information content (AvgIpc) is 3.71. The third-order valence-electron chi connectivity index (χ3n) is 9.41. The highest BCUT2D eigenvalue weighted by Gasteiger charge is 2.30. The molecule has 4 heterocycles. The Morgan fingerprint density at radius 1 is 0.889 bits per heavy atom. The lowest BCUT2D eigenvalue weighted by Gasteiger charge is -2.33. The second-order valence-corrected chi connectivity index (χ2v) is 17.2. The largest absolute Gasteiger partial charge is 0.444 e. The van der Waals surface area contributed by atoms with E-state index in [1.807, 2.05) is 106 Å². The van der Waals surface area contributed by atoms with Gasteiger partial charge in [0.05, 0.1) is 22.6 Å². The van der Waals surface area contributed by atoms with E-state index in [0.717, 1.165) is 45.9 Å². The number of carbonyl (C=O) groups is 3. The first-order valence-electron chi connectivity index (χ1n) is 18.5. The Balaban J connectivity index is 1.33. The number of hydrogen-bond acceptors (Lipinski definition) is 10. The number of amides is 2. The predicted octanol–water partition coefficient (Wildman–Crippen LogP) is 8.63. The molecule has 5 aromatic rings. The number of nitrogens with zero attached hydrogens (tertiary/aromatic N) is 6. The van der Waals surface area contributed by atoms with Gasteiger partial charge in [-0.2, -0.15) is 4.98 Å². The number of hydrogen-bond donors (Lipinski definition) is 1. The fourth-order valence-corrected chi connectivity index (χ4v) is 6.81. The van der Waals surface area contributed by atoms with Gasteiger partial charge in [-0.3, -0.25) is 4.79 Å². The van der Waals surface area contributed by atoms with Crippen molar-refractivity contribution in [1.29, 1.82) is 0 Å². The molecule has 1 fully saturated rings. The molecule has 0 saturated carbocycles. The van der Waals surface area contributed by atoms with Crippen LogP contribution in [0.4, 0.5) is 9.59 Å². The number of likely N-dealkylation sites (tertiary alicyclic amines) is 1. The first-order valence-corrected chi connectivity index (χ1v) is 18.5. The summed E-state index contributed by atoms with van der Waals surface area (Å²) >= 11 is 0. The summed E-state index contributed by atoms with van der Waals surface area (Å²) < 4.78 is 18.3. The summed E-state index contributed by atoms with van der Waals surface area (Å²) in [5, 5.41) is 8.48. The lowest BCUT2D eigenvalue weighted by Crippen LogP contribution is -2.41. The minimum Gasteiger partial charge on any atom is -0.444 e. The SMILES string of the molecule is Cc1cc(-c2ncnc3c2c2ccc(C4CCN(C(=O)OC(C)(C)C)CC4)cc2n3C(=O)OC(C)(C)C)ccc1[C@@H](C)NC(=O)c1nc(C(C)(C)C)no1. The Bertz CT molecular complexity index is 2230. The molecule has 1 saturated heterocycles. The minimum absolute atomic E-state index is 0.0831. The standard InChI is InChI=1S/C41H51N7O6/c1-23-20-27(13-14-28(23)24(2)44-34(49)35-45-36(46-54-35)39(3,4)5)32-31-29-15-12-26(25-16-18-47(19-17-25)37(50)52-40(6,7)8)21-30(29)48(33(31)43-22-42-32)38(51)53-41(9,10)11/h12-15,20-22,24-25H,16-19H2,1-11H3,(H,44,49)/t24-/m1/s1. The molecule has 54 heavy (non-hydrogen) atoms. The van der Waals surface area contributed by atoms with Crippen LogP contribution in [0.5, 0.6) is 0 Å². The van der Waals surface area contributed by atoms with Crippen LogP contribution in [0.15, 0.2) is 47.2 Å². The average molecular weight is 738 g/mol. The number of piperidine rings is 1. The molecule has 1 aliphatic rings. The topological polar surface area (TPSA) is 155 Å². The van der Waals surface area contributed by atoms with E-state index in [9.17, 15) is 14.4 Å². The van der Waals surface area contributed by atoms with E-state index in [1.165, 1.54) is 6.33 Å². The Morgan fingerprint density at radius 2 is 1.56 bits per heavy atom. The number of aryl methyl sites for hydroxylation is 1. The van der Waals surface area contributed by atoms with E-state index in [-0.39, 0.29) is 29.4 Å². The summed E-state index contributed by atoms with van der Waals surface area (Å²) in [7, 11) is 0. The molecule has 0 bridgehead atoms. The summed E-state index contributed by atoms with van der Waals surface area (Å²) in [6, 6.07) is 11.8. The molecule has 0 aliphatic carbocycles. The normalized spacial score (nSPS) is 15.1. The van der Waals surface area contributed by atoms with Crippen LogP contribution in [0.2, 0.25) is 0 Å². The van der Waals surface area contributed by atoms with E-state index in [1.54, 1.807) is 9.47 Å². The molecule has 286 valence electrons. The highest BCUT2D eigenvalue weighted by molar-refractivity contribution is 6.16. The van der Waals surface area contributed by atoms with Crippen molar-refractivity contribution >= 4 is 40.0 Å².